The molecule has 0 amide bonds. The summed E-state index contributed by atoms with van der Waals surface area (Å²) >= 11 is 4.28. The molecule has 0 radical (unpaired) electrons. The minimum atomic E-state index is 0.321. The maximum atomic E-state index is 8.60. The van der Waals surface area contributed by atoms with Crippen molar-refractivity contribution in [2.45, 2.75) is 0 Å². The van der Waals surface area contributed by atoms with Crippen molar-refractivity contribution in [2.75, 3.05) is 0 Å². The number of rotatable bonds is 6. The molecule has 1 aliphatic rings. The highest BCUT2D eigenvalue weighted by Crippen LogP contribution is 2.37. The zero-order valence-electron chi connectivity index (χ0n) is 28.5. The number of aromatic nitrogens is 3. The minimum absolute atomic E-state index is 0.321. The second-order valence-corrected chi connectivity index (χ2v) is 13.1. The normalized spacial score (nSPS) is 13.0. The molecule has 1 aliphatic carbocycles. The second kappa shape index (κ2) is 13.8. The van der Waals surface area contributed by atoms with Gasteiger partial charge in [0.2, 0.25) is 0 Å². The van der Waals surface area contributed by atoms with E-state index in [4.69, 9.17) is 20.4 Å². The first-order valence-corrected chi connectivity index (χ1v) is 17.8. The highest BCUT2D eigenvalue weighted by Gasteiger charge is 2.24. The van der Waals surface area contributed by atoms with Crippen molar-refractivity contribution in [3.8, 4) is 67.4 Å². The molecule has 6 aromatic carbocycles. The summed E-state index contributed by atoms with van der Waals surface area (Å²) in [6.45, 7) is 0. The molecule has 0 fully saturated rings. The molecule has 8 aromatic rings. The van der Waals surface area contributed by atoms with Crippen molar-refractivity contribution in [3.05, 3.63) is 181 Å². The summed E-state index contributed by atoms with van der Waals surface area (Å²) in [5.74, 6) is 0.666. The van der Waals surface area contributed by atoms with E-state index in [9.17, 15) is 0 Å². The van der Waals surface area contributed by atoms with E-state index < -0.39 is 0 Å². The smallest absolute Gasteiger partial charge is 0.160 e. The number of allylic oxidation sites excluding steroid dienone is 1. The Morgan fingerprint density at radius 2 is 1.00 bits per heavy atom. The number of pyridine rings is 1. The van der Waals surface area contributed by atoms with Gasteiger partial charge in [-0.15, -0.1) is 0 Å². The van der Waals surface area contributed by atoms with Crippen LogP contribution in [0.25, 0.3) is 84.4 Å². The van der Waals surface area contributed by atoms with Crippen molar-refractivity contribution in [1.29, 1.82) is 5.41 Å². The van der Waals surface area contributed by atoms with E-state index in [1.54, 1.807) is 6.08 Å². The van der Waals surface area contributed by atoms with Gasteiger partial charge in [-0.2, -0.15) is 0 Å². The molecule has 0 atom stereocenters. The quantitative estimate of drug-likeness (QED) is 0.170. The van der Waals surface area contributed by atoms with E-state index in [1.165, 1.54) is 0 Å². The lowest BCUT2D eigenvalue weighted by atomic mass is 9.87. The zero-order valence-corrected chi connectivity index (χ0v) is 29.4. The van der Waals surface area contributed by atoms with E-state index in [0.29, 0.717) is 17.2 Å². The standard InChI is InChI=1S/C47H31N5S/c48-40-25-24-39-44(46(40)52-53)38-23-22-35(28-43(38)49-45(39)32-16-8-3-9-17-32)34-19-10-20-36(26-34)42-29-41(31-14-6-2-7-15-31)50-47(51-42)37-21-11-18-33(27-37)30-12-4-1-5-13-30/h1-29,48,53H. The monoisotopic (exact) mass is 697 g/mol. The molecule has 0 unspecified atom stereocenters. The molecular weight excluding hydrogens is 667 g/mol. The molecule has 0 bridgehead atoms. The lowest BCUT2D eigenvalue weighted by Crippen LogP contribution is -2.18. The fourth-order valence-electron chi connectivity index (χ4n) is 6.98. The van der Waals surface area contributed by atoms with Gasteiger partial charge in [0.05, 0.1) is 28.3 Å². The summed E-state index contributed by atoms with van der Waals surface area (Å²) in [4.78, 5) is 15.5. The van der Waals surface area contributed by atoms with Crippen molar-refractivity contribution >= 4 is 41.2 Å². The predicted octanol–water partition coefficient (Wildman–Crippen LogP) is 11.7. The van der Waals surface area contributed by atoms with Crippen molar-refractivity contribution in [2.24, 2.45) is 4.40 Å². The molecule has 2 heterocycles. The third-order valence-electron chi connectivity index (χ3n) is 9.59. The average Bonchev–Trinajstić information content (AvgIpc) is 3.24. The summed E-state index contributed by atoms with van der Waals surface area (Å²) in [6, 6.07) is 56.0. The number of fused-ring (bicyclic) bond motifs is 3. The summed E-state index contributed by atoms with van der Waals surface area (Å²) in [5, 5.41) is 9.53. The van der Waals surface area contributed by atoms with Gasteiger partial charge in [0.1, 0.15) is 5.71 Å². The third-order valence-corrected chi connectivity index (χ3v) is 9.79. The molecule has 1 N–H and O–H groups in total. The number of benzene rings is 6. The van der Waals surface area contributed by atoms with Crippen LogP contribution in [0.15, 0.2) is 174 Å². The van der Waals surface area contributed by atoms with Gasteiger partial charge < -0.3 is 0 Å². The zero-order chi connectivity index (χ0) is 35.7. The van der Waals surface area contributed by atoms with Gasteiger partial charge in [0, 0.05) is 38.8 Å². The fourth-order valence-corrected chi connectivity index (χ4v) is 7.19. The maximum Gasteiger partial charge on any atom is 0.160 e. The molecule has 0 spiro atoms. The van der Waals surface area contributed by atoms with Crippen molar-refractivity contribution in [1.82, 2.24) is 15.0 Å². The maximum absolute atomic E-state index is 8.60. The van der Waals surface area contributed by atoms with Gasteiger partial charge in [0.25, 0.3) is 0 Å². The fraction of sp³-hybridized carbons (Fsp3) is 0. The lowest BCUT2D eigenvalue weighted by Gasteiger charge is -2.20. The van der Waals surface area contributed by atoms with E-state index in [-0.39, 0.29) is 0 Å². The molecule has 0 saturated heterocycles. The van der Waals surface area contributed by atoms with Crippen LogP contribution in [0.1, 0.15) is 11.1 Å². The molecule has 9 rings (SSSR count). The molecule has 6 heteroatoms. The Bertz CT molecular complexity index is 2740. The van der Waals surface area contributed by atoms with E-state index in [2.05, 4.69) is 139 Å². The Kier molecular flexibility index (Phi) is 8.35. The third kappa shape index (κ3) is 6.15. The number of hydrogen-bond donors (Lipinski definition) is 2. The number of hydrogen-bond acceptors (Lipinski definition) is 6. The highest BCUT2D eigenvalue weighted by atomic mass is 32.1. The topological polar surface area (TPSA) is 74.9 Å². The molecule has 53 heavy (non-hydrogen) atoms. The van der Waals surface area contributed by atoms with Crippen LogP contribution in [0.3, 0.4) is 0 Å². The van der Waals surface area contributed by atoms with Crippen LogP contribution in [-0.2, 0) is 0 Å². The Hall–Kier alpha value is -6.76. The van der Waals surface area contributed by atoms with Crippen molar-refractivity contribution in [3.63, 3.8) is 0 Å². The Labute approximate surface area is 313 Å². The van der Waals surface area contributed by atoms with Crippen molar-refractivity contribution < 1.29 is 0 Å². The van der Waals surface area contributed by atoms with E-state index >= 15 is 0 Å². The first-order valence-electron chi connectivity index (χ1n) is 17.4. The van der Waals surface area contributed by atoms with Crippen LogP contribution < -0.4 is 0 Å². The van der Waals surface area contributed by atoms with E-state index in [1.807, 2.05) is 48.5 Å². The van der Waals surface area contributed by atoms with Gasteiger partial charge >= 0.3 is 0 Å². The van der Waals surface area contributed by atoms with Crippen LogP contribution in [-0.4, -0.2) is 26.4 Å². The van der Waals surface area contributed by atoms with E-state index in [0.717, 1.165) is 83.6 Å². The Balaban J connectivity index is 1.17. The second-order valence-electron chi connectivity index (χ2n) is 12.9. The van der Waals surface area contributed by atoms with Crippen LogP contribution in [0.2, 0.25) is 0 Å². The molecule has 5 nitrogen and oxygen atoms in total. The number of nitrogens with one attached hydrogen (secondary N) is 1. The molecular formula is C47H31N5S. The van der Waals surface area contributed by atoms with Gasteiger partial charge in [-0.1, -0.05) is 140 Å². The summed E-state index contributed by atoms with van der Waals surface area (Å²) in [6.07, 6.45) is 3.73. The largest absolute Gasteiger partial charge is 0.299 e. The Morgan fingerprint density at radius 3 is 1.70 bits per heavy atom. The summed E-state index contributed by atoms with van der Waals surface area (Å²) in [7, 11) is 0. The Morgan fingerprint density at radius 1 is 0.453 bits per heavy atom. The van der Waals surface area contributed by atoms with Crippen LogP contribution >= 0.6 is 12.8 Å². The average molecular weight is 698 g/mol. The predicted molar refractivity (Wildman–Crippen MR) is 222 cm³/mol. The van der Waals surface area contributed by atoms with Gasteiger partial charge in [-0.3, -0.25) is 5.41 Å². The number of thiol groups is 1. The first kappa shape index (κ1) is 32.2. The van der Waals surface area contributed by atoms with Crippen LogP contribution in [0.4, 0.5) is 0 Å². The molecule has 0 saturated carbocycles. The lowest BCUT2D eigenvalue weighted by molar-refractivity contribution is 1.18. The molecule has 2 aromatic heterocycles. The first-order chi connectivity index (χ1) is 26.1. The van der Waals surface area contributed by atoms with Gasteiger partial charge in [-0.05, 0) is 71.5 Å². The SMILES string of the molecule is N=C1C=Cc2c(-c3ccccc3)nc3cc(-c4cccc(-c5cc(-c6ccccc6)nc(-c6cccc(-c7ccccc7)c6)n5)c4)ccc3c2C1=NS. The summed E-state index contributed by atoms with van der Waals surface area (Å²) < 4.78 is 4.25. The van der Waals surface area contributed by atoms with Crippen LogP contribution in [0.5, 0.6) is 0 Å². The summed E-state index contributed by atoms with van der Waals surface area (Å²) in [5.41, 5.74) is 14.3. The molecule has 250 valence electrons. The van der Waals surface area contributed by atoms with Gasteiger partial charge in [-0.25, -0.2) is 19.3 Å². The molecule has 0 aliphatic heterocycles. The van der Waals surface area contributed by atoms with Crippen LogP contribution in [0, 0.1) is 5.41 Å². The number of nitrogens with zero attached hydrogens (tertiary/aromatic N) is 4. The highest BCUT2D eigenvalue weighted by molar-refractivity contribution is 7.79. The minimum Gasteiger partial charge on any atom is -0.299 e. The van der Waals surface area contributed by atoms with Gasteiger partial charge in [0.15, 0.2) is 5.82 Å².